The predicted octanol–water partition coefficient (Wildman–Crippen LogP) is 6.51. The van der Waals surface area contributed by atoms with Crippen LogP contribution >= 0.6 is 0 Å². The van der Waals surface area contributed by atoms with Gasteiger partial charge in [0, 0.05) is 34.3 Å². The Morgan fingerprint density at radius 3 is 2.21 bits per heavy atom. The van der Waals surface area contributed by atoms with Crippen LogP contribution in [0.1, 0.15) is 10.5 Å². The van der Waals surface area contributed by atoms with Gasteiger partial charge < -0.3 is 16.0 Å². The molecule has 0 spiro atoms. The molecular formula is C27H20FN5O. The summed E-state index contributed by atoms with van der Waals surface area (Å²) in [5.74, 6) is -0.649. The fourth-order valence-electron chi connectivity index (χ4n) is 3.51. The lowest BCUT2D eigenvalue weighted by Gasteiger charge is -2.10. The Balaban J connectivity index is 1.24. The summed E-state index contributed by atoms with van der Waals surface area (Å²) in [7, 11) is 0. The molecule has 0 aliphatic carbocycles. The molecule has 7 heteroatoms. The van der Waals surface area contributed by atoms with Gasteiger partial charge in [-0.2, -0.15) is 0 Å². The van der Waals surface area contributed by atoms with Gasteiger partial charge >= 0.3 is 0 Å². The van der Waals surface area contributed by atoms with Crippen molar-refractivity contribution in [2.75, 3.05) is 16.0 Å². The number of amides is 1. The van der Waals surface area contributed by atoms with Crippen molar-refractivity contribution in [2.24, 2.45) is 0 Å². The molecule has 2 heterocycles. The Kier molecular flexibility index (Phi) is 5.82. The van der Waals surface area contributed by atoms with E-state index in [2.05, 4.69) is 25.9 Å². The first-order valence-corrected chi connectivity index (χ1v) is 10.6. The number of hydrogen-bond donors (Lipinski definition) is 3. The lowest BCUT2D eigenvalue weighted by atomic mass is 10.2. The number of nitrogens with one attached hydrogen (secondary N) is 3. The van der Waals surface area contributed by atoms with E-state index >= 15 is 0 Å². The molecule has 0 fully saturated rings. The maximum absolute atomic E-state index is 13.7. The highest BCUT2D eigenvalue weighted by Crippen LogP contribution is 2.26. The van der Waals surface area contributed by atoms with Crippen molar-refractivity contribution in [1.82, 2.24) is 9.97 Å². The second-order valence-corrected chi connectivity index (χ2v) is 7.60. The van der Waals surface area contributed by atoms with Crippen molar-refractivity contribution in [2.45, 2.75) is 0 Å². The average Bonchev–Trinajstić information content (AvgIpc) is 2.87. The molecule has 1 amide bonds. The zero-order chi connectivity index (χ0) is 23.3. The number of para-hydroxylation sites is 1. The van der Waals surface area contributed by atoms with E-state index in [1.54, 1.807) is 36.7 Å². The van der Waals surface area contributed by atoms with Crippen LogP contribution in [-0.2, 0) is 0 Å². The Morgan fingerprint density at radius 1 is 0.706 bits per heavy atom. The Morgan fingerprint density at radius 2 is 1.44 bits per heavy atom. The number of carbonyl (C=O) groups is 1. The first-order chi connectivity index (χ1) is 16.6. The number of carbonyl (C=O) groups excluding carboxylic acids is 1. The van der Waals surface area contributed by atoms with E-state index in [0.29, 0.717) is 28.0 Å². The summed E-state index contributed by atoms with van der Waals surface area (Å²) in [6.07, 6.45) is 3.21. The summed E-state index contributed by atoms with van der Waals surface area (Å²) >= 11 is 0. The quantitative estimate of drug-likeness (QED) is 0.275. The van der Waals surface area contributed by atoms with Crippen LogP contribution < -0.4 is 16.0 Å². The van der Waals surface area contributed by atoms with E-state index in [4.69, 9.17) is 0 Å². The van der Waals surface area contributed by atoms with Crippen molar-refractivity contribution in [3.05, 3.63) is 115 Å². The molecule has 34 heavy (non-hydrogen) atoms. The summed E-state index contributed by atoms with van der Waals surface area (Å²) in [5.41, 5.74) is 4.90. The first kappa shape index (κ1) is 21.1. The van der Waals surface area contributed by atoms with Crippen molar-refractivity contribution >= 4 is 45.2 Å². The van der Waals surface area contributed by atoms with E-state index in [9.17, 15) is 9.18 Å². The van der Waals surface area contributed by atoms with E-state index in [1.165, 1.54) is 12.1 Å². The fourth-order valence-corrected chi connectivity index (χ4v) is 3.51. The molecule has 0 unspecified atom stereocenters. The molecule has 3 N–H and O–H groups in total. The molecule has 0 bridgehead atoms. The summed E-state index contributed by atoms with van der Waals surface area (Å²) < 4.78 is 13.7. The Hall–Kier alpha value is -4.78. The van der Waals surface area contributed by atoms with Gasteiger partial charge in [-0.15, -0.1) is 0 Å². The van der Waals surface area contributed by atoms with Crippen LogP contribution in [-0.4, -0.2) is 15.9 Å². The van der Waals surface area contributed by atoms with Gasteiger partial charge in [0.2, 0.25) is 0 Å². The fraction of sp³-hybridized carbons (Fsp3) is 0. The third-order valence-electron chi connectivity index (χ3n) is 5.18. The minimum Gasteiger partial charge on any atom is -0.356 e. The second kappa shape index (κ2) is 9.38. The third kappa shape index (κ3) is 4.83. The molecule has 5 rings (SSSR count). The number of anilines is 5. The minimum atomic E-state index is -0.336. The highest BCUT2D eigenvalue weighted by Gasteiger charge is 2.09. The highest BCUT2D eigenvalue weighted by molar-refractivity contribution is 6.03. The first-order valence-electron chi connectivity index (χ1n) is 10.6. The monoisotopic (exact) mass is 449 g/mol. The zero-order valence-electron chi connectivity index (χ0n) is 18.0. The lowest BCUT2D eigenvalue weighted by Crippen LogP contribution is -2.13. The second-order valence-electron chi connectivity index (χ2n) is 7.60. The molecule has 0 radical (unpaired) electrons. The summed E-state index contributed by atoms with van der Waals surface area (Å²) in [5, 5.41) is 10.0. The van der Waals surface area contributed by atoms with Gasteiger partial charge in [0.1, 0.15) is 11.5 Å². The molecule has 5 aromatic rings. The molecule has 0 aliphatic heterocycles. The summed E-state index contributed by atoms with van der Waals surface area (Å²) in [6.45, 7) is 0. The van der Waals surface area contributed by atoms with Crippen LogP contribution in [0.3, 0.4) is 0 Å². The Bertz CT molecular complexity index is 1440. The summed E-state index contributed by atoms with van der Waals surface area (Å²) in [6, 6.07) is 26.9. The van der Waals surface area contributed by atoms with E-state index in [-0.39, 0.29) is 17.4 Å². The lowest BCUT2D eigenvalue weighted by molar-refractivity contribution is 0.102. The van der Waals surface area contributed by atoms with Gasteiger partial charge in [-0.1, -0.05) is 18.2 Å². The standard InChI is InChI=1S/C27H20FN5O/c28-18-6-12-24-23(16-18)25(14-15-29-24)32-22-11-13-26(30-17-22)27(34)33-21-9-7-20(8-10-21)31-19-4-2-1-3-5-19/h1-17,31H,(H,29,32)(H,33,34). The van der Waals surface area contributed by atoms with E-state index in [0.717, 1.165) is 11.4 Å². The molecule has 6 nitrogen and oxygen atoms in total. The molecule has 166 valence electrons. The van der Waals surface area contributed by atoms with E-state index < -0.39 is 0 Å². The maximum atomic E-state index is 13.7. The van der Waals surface area contributed by atoms with Crippen molar-refractivity contribution < 1.29 is 9.18 Å². The number of halogens is 1. The molecule has 2 aromatic heterocycles. The van der Waals surface area contributed by atoms with Crippen LogP contribution in [0.25, 0.3) is 10.9 Å². The molecule has 0 saturated carbocycles. The van der Waals surface area contributed by atoms with Gasteiger partial charge in [0.05, 0.1) is 17.4 Å². The van der Waals surface area contributed by atoms with Crippen LogP contribution in [0.15, 0.2) is 103 Å². The molecular weight excluding hydrogens is 429 g/mol. The van der Waals surface area contributed by atoms with Crippen molar-refractivity contribution in [3.63, 3.8) is 0 Å². The highest BCUT2D eigenvalue weighted by atomic mass is 19.1. The predicted molar refractivity (Wildman–Crippen MR) is 133 cm³/mol. The van der Waals surface area contributed by atoms with Crippen LogP contribution in [0.4, 0.5) is 32.8 Å². The summed E-state index contributed by atoms with van der Waals surface area (Å²) in [4.78, 5) is 21.1. The number of benzene rings is 3. The minimum absolute atomic E-state index is 0.280. The van der Waals surface area contributed by atoms with E-state index in [1.807, 2.05) is 54.6 Å². The number of nitrogens with zero attached hydrogens (tertiary/aromatic N) is 2. The van der Waals surface area contributed by atoms with Crippen molar-refractivity contribution in [3.8, 4) is 0 Å². The van der Waals surface area contributed by atoms with Gasteiger partial charge in [-0.25, -0.2) is 9.37 Å². The smallest absolute Gasteiger partial charge is 0.274 e. The number of aromatic nitrogens is 2. The third-order valence-corrected chi connectivity index (χ3v) is 5.18. The SMILES string of the molecule is O=C(Nc1ccc(Nc2ccccc2)cc1)c1ccc(Nc2ccnc3ccc(F)cc23)cn1. The van der Waals surface area contributed by atoms with Gasteiger partial charge in [-0.3, -0.25) is 9.78 Å². The maximum Gasteiger partial charge on any atom is 0.274 e. The number of fused-ring (bicyclic) bond motifs is 1. The molecule has 0 atom stereocenters. The van der Waals surface area contributed by atoms with Gasteiger partial charge in [-0.05, 0) is 72.8 Å². The van der Waals surface area contributed by atoms with Crippen LogP contribution in [0, 0.1) is 5.82 Å². The van der Waals surface area contributed by atoms with Crippen LogP contribution in [0.5, 0.6) is 0 Å². The number of rotatable bonds is 6. The Labute approximate surface area is 195 Å². The normalized spacial score (nSPS) is 10.6. The largest absolute Gasteiger partial charge is 0.356 e. The number of hydrogen-bond acceptors (Lipinski definition) is 5. The van der Waals surface area contributed by atoms with Gasteiger partial charge in [0.15, 0.2) is 0 Å². The zero-order valence-corrected chi connectivity index (χ0v) is 18.0. The number of pyridine rings is 2. The van der Waals surface area contributed by atoms with Crippen LogP contribution in [0.2, 0.25) is 0 Å². The topological polar surface area (TPSA) is 78.9 Å². The molecule has 0 aliphatic rings. The molecule has 0 saturated heterocycles. The van der Waals surface area contributed by atoms with Crippen molar-refractivity contribution in [1.29, 1.82) is 0 Å². The average molecular weight is 449 g/mol. The molecule has 3 aromatic carbocycles. The van der Waals surface area contributed by atoms with Gasteiger partial charge in [0.25, 0.3) is 5.91 Å².